The fraction of sp³-hybridized carbons (Fsp3) is 0.667. The first kappa shape index (κ1) is 18.1. The second kappa shape index (κ2) is 8.52. The molecule has 3 heteroatoms. The van der Waals surface area contributed by atoms with Crippen LogP contribution in [0.2, 0.25) is 0 Å². The van der Waals surface area contributed by atoms with Crippen LogP contribution in [0.3, 0.4) is 0 Å². The van der Waals surface area contributed by atoms with Crippen molar-refractivity contribution in [1.29, 1.82) is 0 Å². The molecule has 0 aromatic heterocycles. The summed E-state index contributed by atoms with van der Waals surface area (Å²) < 4.78 is 0. The standard InChI is InChI=1S/C18H32N2O/c1-6-19-17(16-10-8-7-9-11-16)18(4,5)14-20(12-13-21)15(2)3/h7-11,15,17,19,21H,6,12-14H2,1-5H3. The van der Waals surface area contributed by atoms with Crippen molar-refractivity contribution in [2.24, 2.45) is 5.41 Å². The van der Waals surface area contributed by atoms with E-state index in [9.17, 15) is 5.11 Å². The third kappa shape index (κ3) is 5.42. The van der Waals surface area contributed by atoms with Gasteiger partial charge >= 0.3 is 0 Å². The van der Waals surface area contributed by atoms with Gasteiger partial charge in [-0.2, -0.15) is 0 Å². The van der Waals surface area contributed by atoms with E-state index in [2.05, 4.69) is 75.2 Å². The molecule has 0 saturated heterocycles. The Labute approximate surface area is 130 Å². The smallest absolute Gasteiger partial charge is 0.0558 e. The average molecular weight is 292 g/mol. The Morgan fingerprint density at radius 3 is 2.29 bits per heavy atom. The van der Waals surface area contributed by atoms with Gasteiger partial charge in [0.15, 0.2) is 0 Å². The molecule has 0 bridgehead atoms. The summed E-state index contributed by atoms with van der Waals surface area (Å²) in [4.78, 5) is 2.35. The van der Waals surface area contributed by atoms with E-state index in [0.29, 0.717) is 12.1 Å². The highest BCUT2D eigenvalue weighted by Crippen LogP contribution is 2.34. The van der Waals surface area contributed by atoms with E-state index < -0.39 is 0 Å². The third-order valence-electron chi connectivity index (χ3n) is 4.05. The van der Waals surface area contributed by atoms with Crippen LogP contribution in [-0.4, -0.2) is 42.3 Å². The third-order valence-corrected chi connectivity index (χ3v) is 4.05. The molecule has 1 aromatic carbocycles. The number of hydrogen-bond donors (Lipinski definition) is 2. The van der Waals surface area contributed by atoms with Crippen LogP contribution in [0, 0.1) is 5.41 Å². The first-order valence-electron chi connectivity index (χ1n) is 8.05. The molecule has 1 unspecified atom stereocenters. The number of aliphatic hydroxyl groups excluding tert-OH is 1. The fourth-order valence-electron chi connectivity index (χ4n) is 2.96. The topological polar surface area (TPSA) is 35.5 Å². The fourth-order valence-corrected chi connectivity index (χ4v) is 2.96. The van der Waals surface area contributed by atoms with E-state index in [1.807, 2.05) is 0 Å². The minimum atomic E-state index is 0.0802. The Balaban J connectivity index is 2.93. The highest BCUT2D eigenvalue weighted by molar-refractivity contribution is 5.21. The highest BCUT2D eigenvalue weighted by atomic mass is 16.3. The average Bonchev–Trinajstić information content (AvgIpc) is 2.44. The molecule has 2 N–H and O–H groups in total. The zero-order valence-corrected chi connectivity index (χ0v) is 14.3. The quantitative estimate of drug-likeness (QED) is 0.734. The van der Waals surface area contributed by atoms with Gasteiger partial charge in [-0.15, -0.1) is 0 Å². The molecule has 0 aliphatic carbocycles. The maximum absolute atomic E-state index is 9.28. The van der Waals surface area contributed by atoms with Crippen LogP contribution in [-0.2, 0) is 0 Å². The maximum atomic E-state index is 9.28. The monoisotopic (exact) mass is 292 g/mol. The van der Waals surface area contributed by atoms with Crippen LogP contribution in [0.15, 0.2) is 30.3 Å². The number of aliphatic hydroxyl groups is 1. The van der Waals surface area contributed by atoms with Crippen molar-refractivity contribution in [2.75, 3.05) is 26.2 Å². The van der Waals surface area contributed by atoms with Crippen LogP contribution in [0.1, 0.15) is 46.2 Å². The van der Waals surface area contributed by atoms with Gasteiger partial charge < -0.3 is 10.4 Å². The SMILES string of the molecule is CCNC(c1ccccc1)C(C)(C)CN(CCO)C(C)C. The summed E-state index contributed by atoms with van der Waals surface area (Å²) in [5.41, 5.74) is 1.41. The van der Waals surface area contributed by atoms with E-state index in [1.54, 1.807) is 0 Å². The minimum Gasteiger partial charge on any atom is -0.395 e. The molecule has 1 aromatic rings. The lowest BCUT2D eigenvalue weighted by Crippen LogP contribution is -2.46. The summed E-state index contributed by atoms with van der Waals surface area (Å²) in [5, 5.41) is 12.9. The lowest BCUT2D eigenvalue weighted by molar-refractivity contribution is 0.0931. The van der Waals surface area contributed by atoms with Gasteiger partial charge in [0.1, 0.15) is 0 Å². The molecule has 0 aliphatic heterocycles. The Morgan fingerprint density at radius 1 is 1.19 bits per heavy atom. The first-order valence-corrected chi connectivity index (χ1v) is 8.05. The second-order valence-corrected chi connectivity index (χ2v) is 6.68. The largest absolute Gasteiger partial charge is 0.395 e. The minimum absolute atomic E-state index is 0.0802. The van der Waals surface area contributed by atoms with E-state index in [1.165, 1.54) is 5.56 Å². The van der Waals surface area contributed by atoms with Crippen LogP contribution in [0.25, 0.3) is 0 Å². The van der Waals surface area contributed by atoms with Gasteiger partial charge in [-0.25, -0.2) is 0 Å². The summed E-state index contributed by atoms with van der Waals surface area (Å²) >= 11 is 0. The number of hydrogen-bond acceptors (Lipinski definition) is 3. The molecule has 120 valence electrons. The summed E-state index contributed by atoms with van der Waals surface area (Å²) in [7, 11) is 0. The Morgan fingerprint density at radius 2 is 1.81 bits per heavy atom. The Hall–Kier alpha value is -0.900. The number of nitrogens with one attached hydrogen (secondary N) is 1. The van der Waals surface area contributed by atoms with Crippen LogP contribution in [0.5, 0.6) is 0 Å². The predicted octanol–water partition coefficient (Wildman–Crippen LogP) is 3.07. The molecule has 0 fully saturated rings. The van der Waals surface area contributed by atoms with Gasteiger partial charge in [0.25, 0.3) is 0 Å². The summed E-state index contributed by atoms with van der Waals surface area (Å²) in [5.74, 6) is 0. The van der Waals surface area contributed by atoms with Crippen molar-refractivity contribution in [1.82, 2.24) is 10.2 Å². The van der Waals surface area contributed by atoms with Crippen molar-refractivity contribution in [3.63, 3.8) is 0 Å². The lowest BCUT2D eigenvalue weighted by atomic mass is 9.79. The molecule has 1 rings (SSSR count). The highest BCUT2D eigenvalue weighted by Gasteiger charge is 2.32. The summed E-state index contributed by atoms with van der Waals surface area (Å²) in [6.45, 7) is 14.0. The van der Waals surface area contributed by atoms with E-state index in [0.717, 1.165) is 19.6 Å². The van der Waals surface area contributed by atoms with Crippen LogP contribution >= 0.6 is 0 Å². The van der Waals surface area contributed by atoms with E-state index in [-0.39, 0.29) is 12.0 Å². The molecular formula is C18H32N2O. The molecule has 0 radical (unpaired) electrons. The zero-order valence-electron chi connectivity index (χ0n) is 14.3. The molecule has 3 nitrogen and oxygen atoms in total. The second-order valence-electron chi connectivity index (χ2n) is 6.68. The normalized spacial score (nSPS) is 13.9. The van der Waals surface area contributed by atoms with Gasteiger partial charge in [0.2, 0.25) is 0 Å². The van der Waals surface area contributed by atoms with Gasteiger partial charge in [-0.05, 0) is 31.4 Å². The number of nitrogens with zero attached hydrogens (tertiary/aromatic N) is 1. The van der Waals surface area contributed by atoms with Gasteiger partial charge in [0, 0.05) is 25.2 Å². The molecule has 1 atom stereocenters. The van der Waals surface area contributed by atoms with Crippen LogP contribution < -0.4 is 5.32 Å². The van der Waals surface area contributed by atoms with E-state index >= 15 is 0 Å². The van der Waals surface area contributed by atoms with Crippen molar-refractivity contribution < 1.29 is 5.11 Å². The Kier molecular flexibility index (Phi) is 7.36. The molecule has 0 heterocycles. The van der Waals surface area contributed by atoms with Crippen molar-refractivity contribution in [3.05, 3.63) is 35.9 Å². The molecule has 21 heavy (non-hydrogen) atoms. The molecule has 0 amide bonds. The van der Waals surface area contributed by atoms with E-state index in [4.69, 9.17) is 0 Å². The Bertz CT molecular complexity index is 389. The summed E-state index contributed by atoms with van der Waals surface area (Å²) in [6.07, 6.45) is 0. The maximum Gasteiger partial charge on any atom is 0.0558 e. The molecule has 0 aliphatic rings. The molecule has 0 saturated carbocycles. The van der Waals surface area contributed by atoms with Gasteiger partial charge in [-0.1, -0.05) is 51.1 Å². The number of benzene rings is 1. The summed E-state index contributed by atoms with van der Waals surface area (Å²) in [6, 6.07) is 11.4. The molecule has 0 spiro atoms. The molecular weight excluding hydrogens is 260 g/mol. The van der Waals surface area contributed by atoms with Crippen molar-refractivity contribution in [3.8, 4) is 0 Å². The predicted molar refractivity (Wildman–Crippen MR) is 90.4 cm³/mol. The lowest BCUT2D eigenvalue weighted by Gasteiger charge is -2.40. The van der Waals surface area contributed by atoms with Crippen LogP contribution in [0.4, 0.5) is 0 Å². The zero-order chi connectivity index (χ0) is 15.9. The van der Waals surface area contributed by atoms with Gasteiger partial charge in [0.05, 0.1) is 6.61 Å². The first-order chi connectivity index (χ1) is 9.92. The van der Waals surface area contributed by atoms with Crippen molar-refractivity contribution >= 4 is 0 Å². The van der Waals surface area contributed by atoms with Crippen molar-refractivity contribution in [2.45, 2.75) is 46.7 Å². The van der Waals surface area contributed by atoms with Gasteiger partial charge in [-0.3, -0.25) is 4.90 Å². The number of rotatable bonds is 9.